The Labute approximate surface area is 87.8 Å². The molecule has 0 saturated heterocycles. The highest BCUT2D eigenvalue weighted by Crippen LogP contribution is 2.36. The van der Waals surface area contributed by atoms with Crippen LogP contribution in [-0.4, -0.2) is 24.5 Å². The normalized spacial score (nSPS) is 22.6. The quantitative estimate of drug-likeness (QED) is 0.701. The van der Waals surface area contributed by atoms with Gasteiger partial charge in [-0.1, -0.05) is 0 Å². The van der Waals surface area contributed by atoms with E-state index in [2.05, 4.69) is 5.32 Å². The molecule has 2 heterocycles. The number of fused-ring (bicyclic) bond motifs is 2. The molecule has 0 bridgehead atoms. The lowest BCUT2D eigenvalue weighted by atomic mass is 9.95. The second-order valence-corrected chi connectivity index (χ2v) is 3.94. The van der Waals surface area contributed by atoms with E-state index in [1.807, 2.05) is 12.1 Å². The zero-order chi connectivity index (χ0) is 10.3. The van der Waals surface area contributed by atoms with E-state index >= 15 is 0 Å². The predicted molar refractivity (Wildman–Crippen MR) is 54.0 cm³/mol. The minimum atomic E-state index is 0.165. The molecule has 1 unspecified atom stereocenters. The first-order valence-electron chi connectivity index (χ1n) is 5.12. The Kier molecular flexibility index (Phi) is 2.04. The maximum atomic E-state index is 9.09. The molecule has 4 nitrogen and oxygen atoms in total. The van der Waals surface area contributed by atoms with Crippen molar-refractivity contribution in [3.05, 3.63) is 23.3 Å². The van der Waals surface area contributed by atoms with Crippen molar-refractivity contribution in [3.63, 3.8) is 0 Å². The Morgan fingerprint density at radius 2 is 2.00 bits per heavy atom. The van der Waals surface area contributed by atoms with Gasteiger partial charge in [-0.3, -0.25) is 0 Å². The first kappa shape index (κ1) is 9.00. The minimum absolute atomic E-state index is 0.165. The Hall–Kier alpha value is -1.26. The van der Waals surface area contributed by atoms with Crippen molar-refractivity contribution in [1.82, 2.24) is 5.32 Å². The van der Waals surface area contributed by atoms with Crippen LogP contribution in [0.1, 0.15) is 11.1 Å². The molecule has 0 aliphatic carbocycles. The molecule has 1 aromatic rings. The first-order valence-corrected chi connectivity index (χ1v) is 5.12. The van der Waals surface area contributed by atoms with Crippen LogP contribution in [0.2, 0.25) is 0 Å². The average Bonchev–Trinajstić information content (AvgIpc) is 2.72. The van der Waals surface area contributed by atoms with Gasteiger partial charge in [-0.15, -0.1) is 0 Å². The van der Waals surface area contributed by atoms with Crippen molar-refractivity contribution in [2.75, 3.05) is 13.4 Å². The third kappa shape index (κ3) is 1.46. The number of ether oxygens (including phenoxy) is 2. The highest BCUT2D eigenvalue weighted by molar-refractivity contribution is 5.49. The molecule has 80 valence electrons. The number of hydrogen-bond acceptors (Lipinski definition) is 4. The van der Waals surface area contributed by atoms with Crippen LogP contribution >= 0.6 is 0 Å². The van der Waals surface area contributed by atoms with Gasteiger partial charge in [0.2, 0.25) is 6.79 Å². The summed E-state index contributed by atoms with van der Waals surface area (Å²) in [5, 5.41) is 12.4. The third-order valence-corrected chi connectivity index (χ3v) is 2.96. The molecule has 15 heavy (non-hydrogen) atoms. The molecule has 1 aromatic carbocycles. The fraction of sp³-hybridized carbons (Fsp3) is 0.455. The van der Waals surface area contributed by atoms with E-state index in [0.29, 0.717) is 6.79 Å². The average molecular weight is 207 g/mol. The minimum Gasteiger partial charge on any atom is -0.454 e. The zero-order valence-corrected chi connectivity index (χ0v) is 8.32. The topological polar surface area (TPSA) is 50.7 Å². The van der Waals surface area contributed by atoms with Crippen molar-refractivity contribution < 1.29 is 14.6 Å². The molecular weight excluding hydrogens is 194 g/mol. The summed E-state index contributed by atoms with van der Waals surface area (Å²) in [5.74, 6) is 1.66. The van der Waals surface area contributed by atoms with Gasteiger partial charge in [0.15, 0.2) is 11.5 Å². The highest BCUT2D eigenvalue weighted by atomic mass is 16.7. The first-order chi connectivity index (χ1) is 7.36. The molecule has 0 aromatic heterocycles. The van der Waals surface area contributed by atoms with E-state index in [1.165, 1.54) is 11.1 Å². The van der Waals surface area contributed by atoms with Gasteiger partial charge in [0.1, 0.15) is 0 Å². The van der Waals surface area contributed by atoms with Gasteiger partial charge in [-0.05, 0) is 29.7 Å². The summed E-state index contributed by atoms with van der Waals surface area (Å²) in [6, 6.07) is 4.22. The molecule has 0 saturated carbocycles. The van der Waals surface area contributed by atoms with Crippen LogP contribution in [0.3, 0.4) is 0 Å². The largest absolute Gasteiger partial charge is 0.454 e. The van der Waals surface area contributed by atoms with Crippen molar-refractivity contribution in [1.29, 1.82) is 0 Å². The van der Waals surface area contributed by atoms with Gasteiger partial charge in [0, 0.05) is 12.6 Å². The summed E-state index contributed by atoms with van der Waals surface area (Å²) in [7, 11) is 0. The van der Waals surface area contributed by atoms with Crippen LogP contribution in [0.25, 0.3) is 0 Å². The number of nitrogens with one attached hydrogen (secondary N) is 1. The molecule has 0 spiro atoms. The van der Waals surface area contributed by atoms with Gasteiger partial charge in [0.25, 0.3) is 0 Å². The lowest BCUT2D eigenvalue weighted by Crippen LogP contribution is -2.38. The molecule has 3 rings (SSSR count). The number of aliphatic hydroxyl groups excluding tert-OH is 1. The molecule has 0 fully saturated rings. The van der Waals surface area contributed by atoms with Gasteiger partial charge >= 0.3 is 0 Å². The number of hydrogen-bond donors (Lipinski definition) is 2. The lowest BCUT2D eigenvalue weighted by Gasteiger charge is -2.24. The fourth-order valence-corrected chi connectivity index (χ4v) is 2.10. The molecule has 4 heteroatoms. The summed E-state index contributed by atoms with van der Waals surface area (Å²) >= 11 is 0. The molecule has 2 N–H and O–H groups in total. The van der Waals surface area contributed by atoms with Crippen molar-refractivity contribution in [2.45, 2.75) is 19.0 Å². The van der Waals surface area contributed by atoms with E-state index in [1.54, 1.807) is 0 Å². The van der Waals surface area contributed by atoms with Gasteiger partial charge < -0.3 is 19.9 Å². The van der Waals surface area contributed by atoms with Crippen LogP contribution in [0.15, 0.2) is 12.1 Å². The Bertz CT molecular complexity index is 392. The molecule has 2 aliphatic rings. The monoisotopic (exact) mass is 207 g/mol. The third-order valence-electron chi connectivity index (χ3n) is 2.96. The SMILES string of the molecule is OCC1Cc2cc3c(cc2CN1)OCO3. The Morgan fingerprint density at radius 1 is 1.27 bits per heavy atom. The van der Waals surface area contributed by atoms with Crippen molar-refractivity contribution >= 4 is 0 Å². The number of aliphatic hydroxyl groups is 1. The molecule has 0 radical (unpaired) electrons. The van der Waals surface area contributed by atoms with Crippen LogP contribution in [-0.2, 0) is 13.0 Å². The molecule has 1 atom stereocenters. The number of rotatable bonds is 1. The maximum absolute atomic E-state index is 9.09. The maximum Gasteiger partial charge on any atom is 0.231 e. The van der Waals surface area contributed by atoms with Crippen LogP contribution in [0, 0.1) is 0 Å². The number of benzene rings is 1. The van der Waals surface area contributed by atoms with E-state index in [-0.39, 0.29) is 12.6 Å². The van der Waals surface area contributed by atoms with Gasteiger partial charge in [0.05, 0.1) is 6.61 Å². The summed E-state index contributed by atoms with van der Waals surface area (Å²) in [5.41, 5.74) is 2.49. The van der Waals surface area contributed by atoms with Gasteiger partial charge in [-0.2, -0.15) is 0 Å². The summed E-state index contributed by atoms with van der Waals surface area (Å²) < 4.78 is 10.6. The summed E-state index contributed by atoms with van der Waals surface area (Å²) in [6.07, 6.45) is 0.850. The van der Waals surface area contributed by atoms with Crippen molar-refractivity contribution in [2.24, 2.45) is 0 Å². The summed E-state index contributed by atoms with van der Waals surface area (Å²) in [4.78, 5) is 0. The van der Waals surface area contributed by atoms with Crippen LogP contribution in [0.4, 0.5) is 0 Å². The van der Waals surface area contributed by atoms with Crippen molar-refractivity contribution in [3.8, 4) is 11.5 Å². The smallest absolute Gasteiger partial charge is 0.231 e. The second-order valence-electron chi connectivity index (χ2n) is 3.94. The highest BCUT2D eigenvalue weighted by Gasteiger charge is 2.22. The fourth-order valence-electron chi connectivity index (χ4n) is 2.10. The standard InChI is InChI=1S/C11H13NO3/c13-5-9-1-7-2-10-11(15-6-14-10)3-8(7)4-12-9/h2-3,9,12-13H,1,4-6H2. The van der Waals surface area contributed by atoms with Crippen LogP contribution < -0.4 is 14.8 Å². The molecule has 0 amide bonds. The zero-order valence-electron chi connectivity index (χ0n) is 8.32. The van der Waals surface area contributed by atoms with Crippen LogP contribution in [0.5, 0.6) is 11.5 Å². The molecular formula is C11H13NO3. The summed E-state index contributed by atoms with van der Waals surface area (Å²) in [6.45, 7) is 1.28. The Morgan fingerprint density at radius 3 is 2.73 bits per heavy atom. The Balaban J connectivity index is 1.97. The van der Waals surface area contributed by atoms with E-state index in [4.69, 9.17) is 14.6 Å². The molecule has 2 aliphatic heterocycles. The predicted octanol–water partition coefficient (Wildman–Crippen LogP) is 0.422. The lowest BCUT2D eigenvalue weighted by molar-refractivity contribution is 0.174. The van der Waals surface area contributed by atoms with Gasteiger partial charge in [-0.25, -0.2) is 0 Å². The second kappa shape index (κ2) is 3.40. The van der Waals surface area contributed by atoms with E-state index in [9.17, 15) is 0 Å². The van der Waals surface area contributed by atoms with E-state index in [0.717, 1.165) is 24.5 Å². The van der Waals surface area contributed by atoms with E-state index < -0.39 is 0 Å².